The fourth-order valence-corrected chi connectivity index (χ4v) is 4.06. The van der Waals surface area contributed by atoms with Crippen molar-refractivity contribution < 1.29 is 19.4 Å². The van der Waals surface area contributed by atoms with Crippen molar-refractivity contribution in [2.45, 2.75) is 19.6 Å². The summed E-state index contributed by atoms with van der Waals surface area (Å²) < 4.78 is 10.8. The third-order valence-electron chi connectivity index (χ3n) is 3.78. The zero-order valence-corrected chi connectivity index (χ0v) is 16.5. The third-order valence-corrected chi connectivity index (χ3v) is 5.61. The number of carbonyl (C=O) groups excluding carboxylic acids is 1. The zero-order valence-electron chi connectivity index (χ0n) is 14.9. The van der Waals surface area contributed by atoms with Crippen LogP contribution in [-0.2, 0) is 11.3 Å². The van der Waals surface area contributed by atoms with Crippen LogP contribution < -0.4 is 14.8 Å². The molecule has 0 aliphatic rings. The number of rotatable bonds is 9. The van der Waals surface area contributed by atoms with Gasteiger partial charge in [0.25, 0.3) is 5.91 Å². The lowest BCUT2D eigenvalue weighted by molar-refractivity contribution is -0.123. The fraction of sp³-hybridized carbons (Fsp3) is 0.250. The summed E-state index contributed by atoms with van der Waals surface area (Å²) in [7, 11) is 0. The van der Waals surface area contributed by atoms with Gasteiger partial charge in [-0.1, -0.05) is 0 Å². The number of benzene rings is 1. The zero-order chi connectivity index (χ0) is 19.1. The van der Waals surface area contributed by atoms with Gasteiger partial charge in [0.05, 0.1) is 13.2 Å². The van der Waals surface area contributed by atoms with E-state index in [9.17, 15) is 9.90 Å². The molecule has 0 aliphatic carbocycles. The summed E-state index contributed by atoms with van der Waals surface area (Å²) in [6, 6.07) is 12.9. The topological polar surface area (TPSA) is 67.8 Å². The average molecular weight is 404 g/mol. The minimum absolute atomic E-state index is 0.0518. The quantitative estimate of drug-likeness (QED) is 0.567. The van der Waals surface area contributed by atoms with Gasteiger partial charge in [0.1, 0.15) is 17.6 Å². The van der Waals surface area contributed by atoms with E-state index in [-0.39, 0.29) is 12.5 Å². The Balaban J connectivity index is 1.44. The number of nitrogens with one attached hydrogen (secondary N) is 1. The molecular weight excluding hydrogens is 382 g/mol. The van der Waals surface area contributed by atoms with Gasteiger partial charge in [-0.3, -0.25) is 4.79 Å². The normalized spacial score (nSPS) is 11.8. The first-order chi connectivity index (χ1) is 13.2. The van der Waals surface area contributed by atoms with Gasteiger partial charge in [0.15, 0.2) is 6.61 Å². The van der Waals surface area contributed by atoms with Crippen molar-refractivity contribution in [3.05, 3.63) is 68.5 Å². The van der Waals surface area contributed by atoms with Gasteiger partial charge in [-0.05, 0) is 65.7 Å². The molecule has 0 aliphatic heterocycles. The van der Waals surface area contributed by atoms with E-state index in [0.29, 0.717) is 18.9 Å². The largest absolute Gasteiger partial charge is 0.494 e. The van der Waals surface area contributed by atoms with E-state index >= 15 is 0 Å². The summed E-state index contributed by atoms with van der Waals surface area (Å²) >= 11 is 3.04. The van der Waals surface area contributed by atoms with Crippen molar-refractivity contribution in [1.29, 1.82) is 0 Å². The summed E-state index contributed by atoms with van der Waals surface area (Å²) in [5, 5.41) is 17.0. The Labute approximate surface area is 166 Å². The maximum Gasteiger partial charge on any atom is 0.258 e. The minimum atomic E-state index is -0.617. The predicted molar refractivity (Wildman–Crippen MR) is 108 cm³/mol. The molecule has 1 aromatic carbocycles. The highest BCUT2D eigenvalue weighted by Gasteiger charge is 2.13. The maximum absolute atomic E-state index is 12.0. The van der Waals surface area contributed by atoms with Gasteiger partial charge in [-0.15, -0.1) is 11.3 Å². The lowest BCUT2D eigenvalue weighted by Crippen LogP contribution is -2.28. The standard InChI is InChI=1S/C20H21NO4S2/c1-2-24-15-3-5-16(6-4-15)25-12-19(22)21-11-17-7-8-18(27-17)20(23)14-9-10-26-13-14/h3-10,13,20,23H,2,11-12H2,1H3,(H,21,22). The van der Waals surface area contributed by atoms with Crippen LogP contribution in [0.2, 0.25) is 0 Å². The van der Waals surface area contributed by atoms with Crippen molar-refractivity contribution in [2.24, 2.45) is 0 Å². The van der Waals surface area contributed by atoms with Gasteiger partial charge in [-0.25, -0.2) is 0 Å². The molecule has 1 amide bonds. The Bertz CT molecular complexity index is 843. The van der Waals surface area contributed by atoms with Crippen LogP contribution in [0.5, 0.6) is 11.5 Å². The number of carbonyl (C=O) groups is 1. The molecule has 3 rings (SSSR count). The van der Waals surface area contributed by atoms with Crippen LogP contribution in [0.25, 0.3) is 0 Å². The van der Waals surface area contributed by atoms with Crippen molar-refractivity contribution in [2.75, 3.05) is 13.2 Å². The summed E-state index contributed by atoms with van der Waals surface area (Å²) in [6.07, 6.45) is -0.617. The average Bonchev–Trinajstić information content (AvgIpc) is 3.37. The van der Waals surface area contributed by atoms with E-state index in [1.807, 2.05) is 48.0 Å². The molecule has 0 bridgehead atoms. The number of aliphatic hydroxyl groups is 1. The summed E-state index contributed by atoms with van der Waals surface area (Å²) in [5.41, 5.74) is 0.890. The summed E-state index contributed by atoms with van der Waals surface area (Å²) in [6.45, 7) is 2.89. The first kappa shape index (κ1) is 19.4. The molecule has 3 aromatic rings. The van der Waals surface area contributed by atoms with Gasteiger partial charge in [-0.2, -0.15) is 11.3 Å². The van der Waals surface area contributed by atoms with Crippen molar-refractivity contribution in [1.82, 2.24) is 5.32 Å². The molecule has 0 radical (unpaired) electrons. The van der Waals surface area contributed by atoms with Gasteiger partial charge in [0, 0.05) is 9.75 Å². The highest BCUT2D eigenvalue weighted by molar-refractivity contribution is 7.12. The maximum atomic E-state index is 12.0. The number of thiophene rings is 2. The van der Waals surface area contributed by atoms with Crippen LogP contribution in [0.1, 0.15) is 28.3 Å². The number of hydrogen-bond acceptors (Lipinski definition) is 6. The molecule has 0 saturated carbocycles. The SMILES string of the molecule is CCOc1ccc(OCC(=O)NCc2ccc(C(O)c3ccsc3)s2)cc1. The Morgan fingerprint density at radius 3 is 2.52 bits per heavy atom. The van der Waals surface area contributed by atoms with Crippen LogP contribution in [0, 0.1) is 0 Å². The predicted octanol–water partition coefficient (Wildman–Crippen LogP) is 3.99. The van der Waals surface area contributed by atoms with Crippen LogP contribution in [-0.4, -0.2) is 24.2 Å². The smallest absolute Gasteiger partial charge is 0.258 e. The Morgan fingerprint density at radius 1 is 1.11 bits per heavy atom. The molecule has 0 saturated heterocycles. The van der Waals surface area contributed by atoms with Crippen molar-refractivity contribution in [3.63, 3.8) is 0 Å². The first-order valence-corrected chi connectivity index (χ1v) is 10.3. The van der Waals surface area contributed by atoms with Crippen LogP contribution in [0.15, 0.2) is 53.2 Å². The van der Waals surface area contributed by atoms with Crippen LogP contribution in [0.4, 0.5) is 0 Å². The first-order valence-electron chi connectivity index (χ1n) is 8.57. The molecule has 7 heteroatoms. The Morgan fingerprint density at radius 2 is 1.85 bits per heavy atom. The van der Waals surface area contributed by atoms with Gasteiger partial charge >= 0.3 is 0 Å². The van der Waals surface area contributed by atoms with Crippen LogP contribution >= 0.6 is 22.7 Å². The number of aliphatic hydroxyl groups excluding tert-OH is 1. The number of amides is 1. The second-order valence-corrected chi connectivity index (χ2v) is 7.71. The third kappa shape index (κ3) is 5.56. The molecule has 2 aromatic heterocycles. The summed E-state index contributed by atoms with van der Waals surface area (Å²) in [5.74, 6) is 1.19. The molecule has 5 nitrogen and oxygen atoms in total. The molecular formula is C20H21NO4S2. The molecule has 1 atom stereocenters. The molecule has 142 valence electrons. The van der Waals surface area contributed by atoms with E-state index in [1.165, 1.54) is 11.3 Å². The monoisotopic (exact) mass is 403 g/mol. The second-order valence-electron chi connectivity index (χ2n) is 5.73. The molecule has 1 unspecified atom stereocenters. The van der Waals surface area contributed by atoms with Gasteiger partial charge < -0.3 is 19.9 Å². The van der Waals surface area contributed by atoms with Gasteiger partial charge in [0.2, 0.25) is 0 Å². The lowest BCUT2D eigenvalue weighted by atomic mass is 10.2. The molecule has 2 heterocycles. The van der Waals surface area contributed by atoms with E-state index in [2.05, 4.69) is 5.32 Å². The highest BCUT2D eigenvalue weighted by atomic mass is 32.1. The summed E-state index contributed by atoms with van der Waals surface area (Å²) in [4.78, 5) is 13.8. The van der Waals surface area contributed by atoms with E-state index in [1.54, 1.807) is 23.5 Å². The Kier molecular flexibility index (Phi) is 6.86. The van der Waals surface area contributed by atoms with Crippen molar-refractivity contribution in [3.8, 4) is 11.5 Å². The van der Waals surface area contributed by atoms with E-state index in [4.69, 9.17) is 9.47 Å². The number of ether oxygens (including phenoxy) is 2. The molecule has 27 heavy (non-hydrogen) atoms. The fourth-order valence-electron chi connectivity index (χ4n) is 2.42. The highest BCUT2D eigenvalue weighted by Crippen LogP contribution is 2.29. The number of hydrogen-bond donors (Lipinski definition) is 2. The molecule has 2 N–H and O–H groups in total. The minimum Gasteiger partial charge on any atom is -0.494 e. The lowest BCUT2D eigenvalue weighted by Gasteiger charge is -2.08. The second kappa shape index (κ2) is 9.55. The van der Waals surface area contributed by atoms with Crippen LogP contribution in [0.3, 0.4) is 0 Å². The van der Waals surface area contributed by atoms with E-state index in [0.717, 1.165) is 21.1 Å². The Hall–Kier alpha value is -2.35. The molecule has 0 fully saturated rings. The van der Waals surface area contributed by atoms with E-state index < -0.39 is 6.10 Å². The van der Waals surface area contributed by atoms with Crippen molar-refractivity contribution >= 4 is 28.6 Å². The molecule has 0 spiro atoms.